The lowest BCUT2D eigenvalue weighted by atomic mass is 10.1. The summed E-state index contributed by atoms with van der Waals surface area (Å²) in [5.41, 5.74) is 4.95. The SMILES string of the molecule is CN=C(NCc1ccc(C)cc1)NCc1cccc(Cn2cccn2)c1.I. The van der Waals surface area contributed by atoms with Crippen LogP contribution in [0, 0.1) is 6.92 Å². The van der Waals surface area contributed by atoms with Crippen molar-refractivity contribution < 1.29 is 0 Å². The van der Waals surface area contributed by atoms with Crippen LogP contribution in [0.5, 0.6) is 0 Å². The van der Waals surface area contributed by atoms with E-state index in [1.807, 2.05) is 16.9 Å². The Morgan fingerprint density at radius 2 is 1.67 bits per heavy atom. The Morgan fingerprint density at radius 3 is 2.33 bits per heavy atom. The maximum Gasteiger partial charge on any atom is 0.191 e. The number of halogens is 1. The first-order valence-corrected chi connectivity index (χ1v) is 8.78. The maximum atomic E-state index is 4.30. The molecular formula is C21H26IN5. The Kier molecular flexibility index (Phi) is 8.32. The molecule has 27 heavy (non-hydrogen) atoms. The molecule has 0 fully saturated rings. The van der Waals surface area contributed by atoms with Gasteiger partial charge in [0.2, 0.25) is 0 Å². The van der Waals surface area contributed by atoms with E-state index >= 15 is 0 Å². The van der Waals surface area contributed by atoms with Crippen molar-refractivity contribution >= 4 is 29.9 Å². The number of aryl methyl sites for hydroxylation is 1. The Bertz CT molecular complexity index is 841. The topological polar surface area (TPSA) is 54.2 Å². The zero-order valence-corrected chi connectivity index (χ0v) is 18.1. The molecule has 0 unspecified atom stereocenters. The van der Waals surface area contributed by atoms with Crippen molar-refractivity contribution in [1.29, 1.82) is 0 Å². The lowest BCUT2D eigenvalue weighted by Crippen LogP contribution is -2.36. The van der Waals surface area contributed by atoms with E-state index in [1.165, 1.54) is 22.3 Å². The van der Waals surface area contributed by atoms with Gasteiger partial charge in [0, 0.05) is 32.5 Å². The standard InChI is InChI=1S/C21H25N5.HI/c1-17-7-9-18(10-8-17)14-23-21(22-2)24-15-19-5-3-6-20(13-19)16-26-12-4-11-25-26;/h3-13H,14-16H2,1-2H3,(H2,22,23,24);1H. The van der Waals surface area contributed by atoms with E-state index in [0.717, 1.165) is 25.6 Å². The van der Waals surface area contributed by atoms with Gasteiger partial charge in [0.05, 0.1) is 6.54 Å². The molecule has 0 amide bonds. The quantitative estimate of drug-likeness (QED) is 0.325. The van der Waals surface area contributed by atoms with Crippen molar-refractivity contribution in [3.8, 4) is 0 Å². The van der Waals surface area contributed by atoms with Crippen LogP contribution in [0.2, 0.25) is 0 Å². The molecule has 0 aliphatic rings. The summed E-state index contributed by atoms with van der Waals surface area (Å²) >= 11 is 0. The molecule has 2 aromatic carbocycles. The maximum absolute atomic E-state index is 4.30. The van der Waals surface area contributed by atoms with Crippen molar-refractivity contribution in [2.24, 2.45) is 4.99 Å². The highest BCUT2D eigenvalue weighted by atomic mass is 127. The number of benzene rings is 2. The Hall–Kier alpha value is -2.35. The predicted octanol–water partition coefficient (Wildman–Crippen LogP) is 3.72. The van der Waals surface area contributed by atoms with Gasteiger partial charge in [-0.15, -0.1) is 24.0 Å². The number of hydrogen-bond acceptors (Lipinski definition) is 2. The summed E-state index contributed by atoms with van der Waals surface area (Å²) in [6.07, 6.45) is 3.77. The zero-order valence-electron chi connectivity index (χ0n) is 15.7. The molecule has 2 N–H and O–H groups in total. The smallest absolute Gasteiger partial charge is 0.191 e. The summed E-state index contributed by atoms with van der Waals surface area (Å²) in [5, 5.41) is 11.0. The fraction of sp³-hybridized carbons (Fsp3) is 0.238. The van der Waals surface area contributed by atoms with Gasteiger partial charge in [0.1, 0.15) is 0 Å². The highest BCUT2D eigenvalue weighted by Crippen LogP contribution is 2.07. The molecule has 0 saturated carbocycles. The molecule has 0 atom stereocenters. The highest BCUT2D eigenvalue weighted by Gasteiger charge is 2.01. The molecule has 3 aromatic rings. The number of rotatable bonds is 6. The van der Waals surface area contributed by atoms with Crippen LogP contribution in [0.4, 0.5) is 0 Å². The van der Waals surface area contributed by atoms with Crippen molar-refractivity contribution in [3.05, 3.63) is 89.2 Å². The van der Waals surface area contributed by atoms with Gasteiger partial charge in [0.15, 0.2) is 5.96 Å². The summed E-state index contributed by atoms with van der Waals surface area (Å²) in [7, 11) is 1.79. The second-order valence-electron chi connectivity index (χ2n) is 6.29. The largest absolute Gasteiger partial charge is 0.352 e. The van der Waals surface area contributed by atoms with E-state index in [1.54, 1.807) is 13.2 Å². The Labute approximate surface area is 177 Å². The van der Waals surface area contributed by atoms with Crippen LogP contribution in [-0.4, -0.2) is 22.8 Å². The van der Waals surface area contributed by atoms with E-state index in [-0.39, 0.29) is 24.0 Å². The van der Waals surface area contributed by atoms with Crippen LogP contribution >= 0.6 is 24.0 Å². The van der Waals surface area contributed by atoms with Crippen LogP contribution < -0.4 is 10.6 Å². The summed E-state index contributed by atoms with van der Waals surface area (Å²) in [6.45, 7) is 4.35. The van der Waals surface area contributed by atoms with Gasteiger partial charge in [-0.3, -0.25) is 9.67 Å². The average molecular weight is 475 g/mol. The third kappa shape index (κ3) is 6.71. The number of nitrogens with zero attached hydrogens (tertiary/aromatic N) is 3. The van der Waals surface area contributed by atoms with E-state index in [2.05, 4.69) is 76.2 Å². The average Bonchev–Trinajstić information content (AvgIpc) is 3.16. The number of hydrogen-bond donors (Lipinski definition) is 2. The van der Waals surface area contributed by atoms with Crippen LogP contribution in [0.25, 0.3) is 0 Å². The van der Waals surface area contributed by atoms with E-state index in [9.17, 15) is 0 Å². The van der Waals surface area contributed by atoms with E-state index < -0.39 is 0 Å². The third-order valence-electron chi connectivity index (χ3n) is 4.16. The van der Waals surface area contributed by atoms with Gasteiger partial charge in [-0.05, 0) is 29.7 Å². The molecule has 142 valence electrons. The first-order chi connectivity index (χ1) is 12.7. The van der Waals surface area contributed by atoms with Crippen molar-refractivity contribution in [2.75, 3.05) is 7.05 Å². The van der Waals surface area contributed by atoms with Crippen LogP contribution in [0.1, 0.15) is 22.3 Å². The van der Waals surface area contributed by atoms with E-state index in [0.29, 0.717) is 0 Å². The summed E-state index contributed by atoms with van der Waals surface area (Å²) < 4.78 is 1.93. The summed E-state index contributed by atoms with van der Waals surface area (Å²) in [4.78, 5) is 4.30. The minimum Gasteiger partial charge on any atom is -0.352 e. The molecule has 0 radical (unpaired) electrons. The molecule has 0 bridgehead atoms. The first kappa shape index (κ1) is 21.0. The fourth-order valence-electron chi connectivity index (χ4n) is 2.72. The monoisotopic (exact) mass is 475 g/mol. The normalized spacial score (nSPS) is 11.0. The number of nitrogens with one attached hydrogen (secondary N) is 2. The summed E-state index contributed by atoms with van der Waals surface area (Å²) in [5.74, 6) is 0.794. The number of guanidine groups is 1. The molecule has 3 rings (SSSR count). The highest BCUT2D eigenvalue weighted by molar-refractivity contribution is 14.0. The van der Waals surface area contributed by atoms with Crippen molar-refractivity contribution in [3.63, 3.8) is 0 Å². The second kappa shape index (κ2) is 10.7. The molecule has 0 aliphatic carbocycles. The van der Waals surface area contributed by atoms with Gasteiger partial charge in [0.25, 0.3) is 0 Å². The molecule has 6 heteroatoms. The molecule has 0 saturated heterocycles. The summed E-state index contributed by atoms with van der Waals surface area (Å²) in [6, 6.07) is 19.0. The van der Waals surface area contributed by atoms with E-state index in [4.69, 9.17) is 0 Å². The van der Waals surface area contributed by atoms with Gasteiger partial charge in [-0.25, -0.2) is 0 Å². The zero-order chi connectivity index (χ0) is 18.2. The second-order valence-corrected chi connectivity index (χ2v) is 6.29. The van der Waals surface area contributed by atoms with Crippen molar-refractivity contribution in [2.45, 2.75) is 26.6 Å². The molecule has 1 heterocycles. The van der Waals surface area contributed by atoms with Crippen LogP contribution in [0.3, 0.4) is 0 Å². The Morgan fingerprint density at radius 1 is 0.963 bits per heavy atom. The predicted molar refractivity (Wildman–Crippen MR) is 121 cm³/mol. The van der Waals surface area contributed by atoms with Gasteiger partial charge >= 0.3 is 0 Å². The Balaban J connectivity index is 0.00000261. The molecule has 0 aliphatic heterocycles. The molecule has 5 nitrogen and oxygen atoms in total. The first-order valence-electron chi connectivity index (χ1n) is 8.78. The minimum atomic E-state index is 0. The van der Waals surface area contributed by atoms with Gasteiger partial charge in [-0.1, -0.05) is 54.1 Å². The number of aromatic nitrogens is 2. The molecular weight excluding hydrogens is 449 g/mol. The van der Waals surface area contributed by atoms with Crippen molar-refractivity contribution in [1.82, 2.24) is 20.4 Å². The minimum absolute atomic E-state index is 0. The number of aliphatic imine (C=N–C) groups is 1. The lowest BCUT2D eigenvalue weighted by molar-refractivity contribution is 0.685. The lowest BCUT2D eigenvalue weighted by Gasteiger charge is -2.13. The van der Waals surface area contributed by atoms with Crippen LogP contribution in [0.15, 0.2) is 72.0 Å². The molecule has 0 spiro atoms. The molecule has 1 aromatic heterocycles. The fourth-order valence-corrected chi connectivity index (χ4v) is 2.72. The van der Waals surface area contributed by atoms with Crippen LogP contribution in [-0.2, 0) is 19.6 Å². The van der Waals surface area contributed by atoms with Gasteiger partial charge in [-0.2, -0.15) is 5.10 Å². The van der Waals surface area contributed by atoms with Gasteiger partial charge < -0.3 is 10.6 Å². The third-order valence-corrected chi connectivity index (χ3v) is 4.16.